The Labute approximate surface area is 138 Å². The molecule has 0 aliphatic heterocycles. The van der Waals surface area contributed by atoms with E-state index in [0.29, 0.717) is 11.2 Å². The van der Waals surface area contributed by atoms with Crippen LogP contribution in [0.5, 0.6) is 0 Å². The average Bonchev–Trinajstić information content (AvgIpc) is 2.50. The Morgan fingerprint density at radius 2 is 1.86 bits per heavy atom. The number of anilines is 1. The van der Waals surface area contributed by atoms with Crippen LogP contribution in [0.15, 0.2) is 24.3 Å². The molecule has 0 atom stereocenters. The standard InChI is InChI=1S/C17H25N3OS/c1-13-8-10-15(11-9-13)18-16(21)12-20(2)17(22)19-14-6-4-3-5-7-14/h8-11,14H,3-7,12H2,1-2H3,(H,18,21)(H,19,22). The van der Waals surface area contributed by atoms with Crippen molar-refractivity contribution in [3.8, 4) is 0 Å². The van der Waals surface area contributed by atoms with Crippen molar-refractivity contribution < 1.29 is 4.79 Å². The first-order valence-electron chi connectivity index (χ1n) is 7.93. The number of nitrogens with one attached hydrogen (secondary N) is 2. The molecule has 22 heavy (non-hydrogen) atoms. The molecule has 1 fully saturated rings. The summed E-state index contributed by atoms with van der Waals surface area (Å²) in [6, 6.07) is 8.24. The molecule has 5 heteroatoms. The van der Waals surface area contributed by atoms with Crippen LogP contribution < -0.4 is 10.6 Å². The molecule has 1 amide bonds. The number of amides is 1. The van der Waals surface area contributed by atoms with Gasteiger partial charge in [-0.3, -0.25) is 4.79 Å². The predicted molar refractivity (Wildman–Crippen MR) is 95.0 cm³/mol. The van der Waals surface area contributed by atoms with Gasteiger partial charge in [-0.1, -0.05) is 37.0 Å². The van der Waals surface area contributed by atoms with Gasteiger partial charge < -0.3 is 15.5 Å². The van der Waals surface area contributed by atoms with Crippen molar-refractivity contribution >= 4 is 28.9 Å². The molecule has 1 aromatic rings. The van der Waals surface area contributed by atoms with Crippen molar-refractivity contribution in [3.63, 3.8) is 0 Å². The molecule has 0 spiro atoms. The van der Waals surface area contributed by atoms with Crippen molar-refractivity contribution in [1.82, 2.24) is 10.2 Å². The zero-order chi connectivity index (χ0) is 15.9. The van der Waals surface area contributed by atoms with Crippen LogP contribution in [0.3, 0.4) is 0 Å². The number of thiocarbonyl (C=S) groups is 1. The van der Waals surface area contributed by atoms with Crippen LogP contribution >= 0.6 is 12.2 Å². The third kappa shape index (κ3) is 5.30. The SMILES string of the molecule is Cc1ccc(NC(=O)CN(C)C(=S)NC2CCCCC2)cc1. The van der Waals surface area contributed by atoms with Gasteiger partial charge in [-0.2, -0.15) is 0 Å². The fourth-order valence-corrected chi connectivity index (χ4v) is 2.89. The van der Waals surface area contributed by atoms with Gasteiger partial charge in [-0.05, 0) is 44.1 Å². The van der Waals surface area contributed by atoms with Crippen molar-refractivity contribution in [2.75, 3.05) is 18.9 Å². The topological polar surface area (TPSA) is 44.4 Å². The van der Waals surface area contributed by atoms with Crippen molar-refractivity contribution in [1.29, 1.82) is 0 Å². The lowest BCUT2D eigenvalue weighted by molar-refractivity contribution is -0.116. The Kier molecular flexibility index (Phi) is 6.19. The normalized spacial score (nSPS) is 15.2. The van der Waals surface area contributed by atoms with E-state index in [1.54, 1.807) is 4.90 Å². The molecule has 1 aliphatic carbocycles. The third-order valence-corrected chi connectivity index (χ3v) is 4.43. The van der Waals surface area contributed by atoms with E-state index in [1.807, 2.05) is 38.2 Å². The minimum absolute atomic E-state index is 0.0563. The smallest absolute Gasteiger partial charge is 0.243 e. The molecule has 0 heterocycles. The molecule has 0 radical (unpaired) electrons. The first-order chi connectivity index (χ1) is 10.5. The lowest BCUT2D eigenvalue weighted by Gasteiger charge is -2.28. The Morgan fingerprint density at radius 3 is 2.50 bits per heavy atom. The van der Waals surface area contributed by atoms with E-state index >= 15 is 0 Å². The molecule has 2 N–H and O–H groups in total. The fraction of sp³-hybridized carbons (Fsp3) is 0.529. The highest BCUT2D eigenvalue weighted by Crippen LogP contribution is 2.17. The molecule has 120 valence electrons. The minimum atomic E-state index is -0.0563. The molecule has 0 saturated heterocycles. The zero-order valence-corrected chi connectivity index (χ0v) is 14.2. The molecular weight excluding hydrogens is 294 g/mol. The maximum atomic E-state index is 12.1. The second-order valence-corrected chi connectivity index (χ2v) is 6.44. The van der Waals surface area contributed by atoms with Crippen LogP contribution in [-0.2, 0) is 4.79 Å². The Balaban J connectivity index is 1.77. The average molecular weight is 319 g/mol. The second kappa shape index (κ2) is 8.13. The molecule has 1 aromatic carbocycles. The predicted octanol–water partition coefficient (Wildman–Crippen LogP) is 3.07. The van der Waals surface area contributed by atoms with Gasteiger partial charge in [0.05, 0.1) is 6.54 Å². The van der Waals surface area contributed by atoms with Gasteiger partial charge in [-0.25, -0.2) is 0 Å². The first kappa shape index (κ1) is 16.7. The summed E-state index contributed by atoms with van der Waals surface area (Å²) in [7, 11) is 1.85. The molecule has 1 aliphatic rings. The highest BCUT2D eigenvalue weighted by molar-refractivity contribution is 7.80. The number of aryl methyl sites for hydroxylation is 1. The highest BCUT2D eigenvalue weighted by Gasteiger charge is 2.16. The summed E-state index contributed by atoms with van der Waals surface area (Å²) in [6.07, 6.45) is 6.18. The Morgan fingerprint density at radius 1 is 1.23 bits per heavy atom. The number of hydrogen-bond acceptors (Lipinski definition) is 2. The molecular formula is C17H25N3OS. The number of nitrogens with zero attached hydrogens (tertiary/aromatic N) is 1. The second-order valence-electron chi connectivity index (χ2n) is 6.05. The summed E-state index contributed by atoms with van der Waals surface area (Å²) in [4.78, 5) is 13.9. The van der Waals surface area contributed by atoms with Crippen LogP contribution in [0.4, 0.5) is 5.69 Å². The first-order valence-corrected chi connectivity index (χ1v) is 8.33. The van der Waals surface area contributed by atoms with Crippen molar-refractivity contribution in [3.05, 3.63) is 29.8 Å². The lowest BCUT2D eigenvalue weighted by atomic mass is 9.96. The van der Waals surface area contributed by atoms with Gasteiger partial charge in [0.2, 0.25) is 5.91 Å². The summed E-state index contributed by atoms with van der Waals surface area (Å²) in [5.74, 6) is -0.0563. The molecule has 0 aromatic heterocycles. The summed E-state index contributed by atoms with van der Waals surface area (Å²) < 4.78 is 0. The Bertz CT molecular complexity index is 509. The van der Waals surface area contributed by atoms with Crippen LogP contribution in [0.1, 0.15) is 37.7 Å². The number of rotatable bonds is 4. The maximum absolute atomic E-state index is 12.1. The monoisotopic (exact) mass is 319 g/mol. The number of likely N-dealkylation sites (N-methyl/N-ethyl adjacent to an activating group) is 1. The van der Waals surface area contributed by atoms with Gasteiger partial charge in [0.1, 0.15) is 0 Å². The van der Waals surface area contributed by atoms with E-state index in [-0.39, 0.29) is 12.5 Å². The van der Waals surface area contributed by atoms with Crippen LogP contribution in [0.2, 0.25) is 0 Å². The minimum Gasteiger partial charge on any atom is -0.360 e. The largest absolute Gasteiger partial charge is 0.360 e. The van der Waals surface area contributed by atoms with Crippen LogP contribution in [-0.4, -0.2) is 35.6 Å². The zero-order valence-electron chi connectivity index (χ0n) is 13.4. The Hall–Kier alpha value is -1.62. The van der Waals surface area contributed by atoms with E-state index < -0.39 is 0 Å². The highest BCUT2D eigenvalue weighted by atomic mass is 32.1. The number of hydrogen-bond donors (Lipinski definition) is 2. The number of carbonyl (C=O) groups is 1. The molecule has 2 rings (SSSR count). The summed E-state index contributed by atoms with van der Waals surface area (Å²) >= 11 is 5.39. The molecule has 1 saturated carbocycles. The van der Waals surface area contributed by atoms with Gasteiger partial charge in [0.15, 0.2) is 5.11 Å². The van der Waals surface area contributed by atoms with Gasteiger partial charge in [-0.15, -0.1) is 0 Å². The van der Waals surface area contributed by atoms with Crippen LogP contribution in [0, 0.1) is 6.92 Å². The summed E-state index contributed by atoms with van der Waals surface area (Å²) in [6.45, 7) is 2.28. The quantitative estimate of drug-likeness (QED) is 0.837. The van der Waals surface area contributed by atoms with Gasteiger partial charge in [0.25, 0.3) is 0 Å². The van der Waals surface area contributed by atoms with E-state index in [4.69, 9.17) is 12.2 Å². The number of benzene rings is 1. The van der Waals surface area contributed by atoms with Crippen molar-refractivity contribution in [2.24, 2.45) is 0 Å². The van der Waals surface area contributed by atoms with Gasteiger partial charge >= 0.3 is 0 Å². The van der Waals surface area contributed by atoms with Gasteiger partial charge in [0, 0.05) is 18.8 Å². The molecule has 0 unspecified atom stereocenters. The summed E-state index contributed by atoms with van der Waals surface area (Å²) in [5, 5.41) is 6.92. The van der Waals surface area contributed by atoms with Crippen molar-refractivity contribution in [2.45, 2.75) is 45.1 Å². The van der Waals surface area contributed by atoms with Crippen LogP contribution in [0.25, 0.3) is 0 Å². The molecule has 4 nitrogen and oxygen atoms in total. The molecule has 0 bridgehead atoms. The van der Waals surface area contributed by atoms with E-state index in [9.17, 15) is 4.79 Å². The summed E-state index contributed by atoms with van der Waals surface area (Å²) in [5.41, 5.74) is 1.99. The van der Waals surface area contributed by atoms with E-state index in [1.165, 1.54) is 37.7 Å². The van der Waals surface area contributed by atoms with E-state index in [0.717, 1.165) is 5.69 Å². The fourth-order valence-electron chi connectivity index (χ4n) is 2.66. The number of carbonyl (C=O) groups excluding carboxylic acids is 1. The lowest BCUT2D eigenvalue weighted by Crippen LogP contribution is -2.46. The maximum Gasteiger partial charge on any atom is 0.243 e. The third-order valence-electron chi connectivity index (χ3n) is 4.00. The van der Waals surface area contributed by atoms with E-state index in [2.05, 4.69) is 10.6 Å².